The lowest BCUT2D eigenvalue weighted by atomic mass is 10.1. The van der Waals surface area contributed by atoms with E-state index in [2.05, 4.69) is 10.3 Å². The first-order chi connectivity index (χ1) is 6.75. The van der Waals surface area contributed by atoms with Crippen LogP contribution in [0.25, 0.3) is 0 Å². The lowest BCUT2D eigenvalue weighted by Gasteiger charge is -2.01. The number of Topliss-reactive ketones (excluding diaryl/α,β-unsaturated/α-hetero) is 1. The van der Waals surface area contributed by atoms with Crippen LogP contribution in [0.4, 0.5) is 0 Å². The van der Waals surface area contributed by atoms with Crippen molar-refractivity contribution in [1.29, 1.82) is 0 Å². The largest absolute Gasteiger partial charge is 0.316 e. The van der Waals surface area contributed by atoms with Crippen LogP contribution in [0, 0.1) is 0 Å². The van der Waals surface area contributed by atoms with Crippen molar-refractivity contribution in [2.75, 3.05) is 13.1 Å². The quantitative estimate of drug-likeness (QED) is 0.819. The zero-order valence-electron chi connectivity index (χ0n) is 8.25. The highest BCUT2D eigenvalue weighted by Crippen LogP contribution is 2.25. The molecule has 0 spiro atoms. The normalized spacial score (nSPS) is 21.4. The number of carbonyl (C=O) groups excluding carboxylic acids is 1. The Balaban J connectivity index is 2.05. The maximum Gasteiger partial charge on any atom is 0.135 e. The third kappa shape index (κ3) is 2.19. The molecule has 1 saturated heterocycles. The predicted molar refractivity (Wildman–Crippen MR) is 56.7 cm³/mol. The molecule has 0 aliphatic carbocycles. The molecule has 0 bridgehead atoms. The van der Waals surface area contributed by atoms with Gasteiger partial charge in [0.25, 0.3) is 0 Å². The molecule has 0 saturated carbocycles. The van der Waals surface area contributed by atoms with Gasteiger partial charge in [0.05, 0.1) is 10.7 Å². The zero-order valence-corrected chi connectivity index (χ0v) is 9.06. The molecule has 1 fully saturated rings. The summed E-state index contributed by atoms with van der Waals surface area (Å²) in [6, 6.07) is 0. The van der Waals surface area contributed by atoms with Gasteiger partial charge in [-0.05, 0) is 19.9 Å². The third-order valence-corrected chi connectivity index (χ3v) is 3.47. The standard InChI is InChI=1S/C10H14N2OS/c1-7(13)4-9-6-14-10(12-9)8-2-3-11-5-8/h6,8,11H,2-5H2,1H3. The maximum atomic E-state index is 10.9. The Labute approximate surface area is 87.6 Å². The number of thiazole rings is 1. The minimum atomic E-state index is 0.186. The number of nitrogens with one attached hydrogen (secondary N) is 1. The van der Waals surface area contributed by atoms with Gasteiger partial charge >= 0.3 is 0 Å². The maximum absolute atomic E-state index is 10.9. The molecular formula is C10H14N2OS. The fourth-order valence-corrected chi connectivity index (χ4v) is 2.67. The molecule has 3 nitrogen and oxygen atoms in total. The summed E-state index contributed by atoms with van der Waals surface area (Å²) < 4.78 is 0. The van der Waals surface area contributed by atoms with Crippen LogP contribution < -0.4 is 5.32 Å². The van der Waals surface area contributed by atoms with E-state index in [0.29, 0.717) is 12.3 Å². The minimum Gasteiger partial charge on any atom is -0.316 e. The molecule has 1 aromatic rings. The van der Waals surface area contributed by atoms with Crippen LogP contribution in [-0.4, -0.2) is 23.9 Å². The molecule has 1 aliphatic rings. The van der Waals surface area contributed by atoms with Crippen molar-refractivity contribution in [3.63, 3.8) is 0 Å². The molecule has 1 aliphatic heterocycles. The Hall–Kier alpha value is -0.740. The van der Waals surface area contributed by atoms with Crippen LogP contribution in [0.1, 0.15) is 30.0 Å². The van der Waals surface area contributed by atoms with Gasteiger partial charge in [0.1, 0.15) is 5.78 Å². The zero-order chi connectivity index (χ0) is 9.97. The van der Waals surface area contributed by atoms with Crippen LogP contribution in [0.2, 0.25) is 0 Å². The summed E-state index contributed by atoms with van der Waals surface area (Å²) in [7, 11) is 0. The van der Waals surface area contributed by atoms with E-state index in [1.54, 1.807) is 18.3 Å². The number of hydrogen-bond acceptors (Lipinski definition) is 4. The van der Waals surface area contributed by atoms with E-state index in [9.17, 15) is 4.79 Å². The van der Waals surface area contributed by atoms with E-state index in [1.165, 1.54) is 11.4 Å². The molecule has 4 heteroatoms. The minimum absolute atomic E-state index is 0.186. The highest BCUT2D eigenvalue weighted by molar-refractivity contribution is 7.09. The second-order valence-corrected chi connectivity index (χ2v) is 4.64. The van der Waals surface area contributed by atoms with Crippen molar-refractivity contribution >= 4 is 17.1 Å². The molecule has 1 atom stereocenters. The molecule has 2 heterocycles. The fourth-order valence-electron chi connectivity index (χ4n) is 1.71. The van der Waals surface area contributed by atoms with Gasteiger partial charge in [-0.25, -0.2) is 4.98 Å². The lowest BCUT2D eigenvalue weighted by molar-refractivity contribution is -0.116. The van der Waals surface area contributed by atoms with Gasteiger partial charge in [-0.15, -0.1) is 11.3 Å². The number of nitrogens with zero attached hydrogens (tertiary/aromatic N) is 1. The number of aromatic nitrogens is 1. The van der Waals surface area contributed by atoms with E-state index in [4.69, 9.17) is 0 Å². The Morgan fingerprint density at radius 3 is 3.29 bits per heavy atom. The Morgan fingerprint density at radius 1 is 1.79 bits per heavy atom. The van der Waals surface area contributed by atoms with Gasteiger partial charge in [0.15, 0.2) is 0 Å². The highest BCUT2D eigenvalue weighted by atomic mass is 32.1. The topological polar surface area (TPSA) is 42.0 Å². The van der Waals surface area contributed by atoms with Gasteiger partial charge in [-0.2, -0.15) is 0 Å². The summed E-state index contributed by atoms with van der Waals surface area (Å²) in [5.74, 6) is 0.757. The van der Waals surface area contributed by atoms with Crippen LogP contribution in [0.5, 0.6) is 0 Å². The molecule has 0 radical (unpaired) electrons. The number of rotatable bonds is 3. The number of ketones is 1. The summed E-state index contributed by atoms with van der Waals surface area (Å²) in [6.45, 7) is 3.73. The van der Waals surface area contributed by atoms with Crippen LogP contribution >= 0.6 is 11.3 Å². The third-order valence-electron chi connectivity index (χ3n) is 2.41. The number of carbonyl (C=O) groups is 1. The monoisotopic (exact) mass is 210 g/mol. The van der Waals surface area contributed by atoms with E-state index >= 15 is 0 Å². The van der Waals surface area contributed by atoms with Crippen LogP contribution in [-0.2, 0) is 11.2 Å². The Bertz CT molecular complexity index is 329. The average Bonchev–Trinajstić information content (AvgIpc) is 2.69. The lowest BCUT2D eigenvalue weighted by Crippen LogP contribution is -2.08. The Kier molecular flexibility index (Phi) is 2.93. The molecule has 14 heavy (non-hydrogen) atoms. The first-order valence-corrected chi connectivity index (χ1v) is 5.78. The van der Waals surface area contributed by atoms with Gasteiger partial charge < -0.3 is 5.32 Å². The summed E-state index contributed by atoms with van der Waals surface area (Å²) >= 11 is 1.69. The predicted octanol–water partition coefficient (Wildman–Crippen LogP) is 1.35. The number of hydrogen-bond donors (Lipinski definition) is 1. The summed E-state index contributed by atoms with van der Waals surface area (Å²) in [6.07, 6.45) is 1.66. The van der Waals surface area contributed by atoms with E-state index in [0.717, 1.165) is 18.8 Å². The second-order valence-electron chi connectivity index (χ2n) is 3.75. The van der Waals surface area contributed by atoms with E-state index in [-0.39, 0.29) is 5.78 Å². The van der Waals surface area contributed by atoms with Crippen molar-refractivity contribution in [2.45, 2.75) is 25.7 Å². The van der Waals surface area contributed by atoms with Gasteiger partial charge in [0.2, 0.25) is 0 Å². The highest BCUT2D eigenvalue weighted by Gasteiger charge is 2.19. The van der Waals surface area contributed by atoms with Crippen molar-refractivity contribution in [3.05, 3.63) is 16.1 Å². The molecule has 1 aromatic heterocycles. The second kappa shape index (κ2) is 4.19. The summed E-state index contributed by atoms with van der Waals surface area (Å²) in [4.78, 5) is 15.4. The first kappa shape index (κ1) is 9.80. The smallest absolute Gasteiger partial charge is 0.135 e. The van der Waals surface area contributed by atoms with E-state index in [1.807, 2.05) is 5.38 Å². The summed E-state index contributed by atoms with van der Waals surface area (Å²) in [5.41, 5.74) is 0.935. The van der Waals surface area contributed by atoms with Crippen LogP contribution in [0.3, 0.4) is 0 Å². The molecular weight excluding hydrogens is 196 g/mol. The SMILES string of the molecule is CC(=O)Cc1csc(C2CCNC2)n1. The molecule has 0 aromatic carbocycles. The van der Waals surface area contributed by atoms with Crippen molar-refractivity contribution in [1.82, 2.24) is 10.3 Å². The summed E-state index contributed by atoms with van der Waals surface area (Å²) in [5, 5.41) is 6.52. The molecule has 1 N–H and O–H groups in total. The fraction of sp³-hybridized carbons (Fsp3) is 0.600. The molecule has 1 unspecified atom stereocenters. The Morgan fingerprint density at radius 2 is 2.64 bits per heavy atom. The molecule has 2 rings (SSSR count). The van der Waals surface area contributed by atoms with Gasteiger partial charge in [-0.3, -0.25) is 4.79 Å². The molecule has 0 amide bonds. The van der Waals surface area contributed by atoms with Crippen molar-refractivity contribution in [3.8, 4) is 0 Å². The molecule has 76 valence electrons. The average molecular weight is 210 g/mol. The van der Waals surface area contributed by atoms with Crippen molar-refractivity contribution in [2.24, 2.45) is 0 Å². The van der Waals surface area contributed by atoms with Gasteiger partial charge in [-0.1, -0.05) is 0 Å². The van der Waals surface area contributed by atoms with Crippen molar-refractivity contribution < 1.29 is 4.79 Å². The van der Waals surface area contributed by atoms with Crippen LogP contribution in [0.15, 0.2) is 5.38 Å². The first-order valence-electron chi connectivity index (χ1n) is 4.90. The van der Waals surface area contributed by atoms with Gasteiger partial charge in [0, 0.05) is 24.3 Å². The van der Waals surface area contributed by atoms with E-state index < -0.39 is 0 Å².